The standard InChI is InChI=1S/C14H29N5/c1-16-4-2-14(3-5-16)18-8-6-17(7-9-18)10-13-11-19(15)12-13/h13-14H,2-12,15H2,1H3. The van der Waals surface area contributed by atoms with Gasteiger partial charge in [0, 0.05) is 51.9 Å². The van der Waals surface area contributed by atoms with Crippen molar-refractivity contribution in [3.63, 3.8) is 0 Å². The van der Waals surface area contributed by atoms with E-state index < -0.39 is 0 Å². The average Bonchev–Trinajstić information content (AvgIpc) is 2.39. The maximum absolute atomic E-state index is 5.71. The van der Waals surface area contributed by atoms with Gasteiger partial charge in [0.2, 0.25) is 0 Å². The summed E-state index contributed by atoms with van der Waals surface area (Å²) in [6, 6.07) is 0.849. The fourth-order valence-electron chi connectivity index (χ4n) is 3.76. The van der Waals surface area contributed by atoms with Gasteiger partial charge in [-0.3, -0.25) is 10.7 Å². The van der Waals surface area contributed by atoms with Crippen molar-refractivity contribution >= 4 is 0 Å². The number of hydrazine groups is 1. The van der Waals surface area contributed by atoms with Gasteiger partial charge in [0.15, 0.2) is 0 Å². The third-order valence-electron chi connectivity index (χ3n) is 5.11. The lowest BCUT2D eigenvalue weighted by atomic mass is 10.0. The van der Waals surface area contributed by atoms with Gasteiger partial charge in [0.1, 0.15) is 0 Å². The fourth-order valence-corrected chi connectivity index (χ4v) is 3.76. The maximum Gasteiger partial charge on any atom is 0.0182 e. The molecular weight excluding hydrogens is 238 g/mol. The molecule has 0 atom stereocenters. The minimum absolute atomic E-state index is 0.819. The van der Waals surface area contributed by atoms with Crippen molar-refractivity contribution in [1.82, 2.24) is 19.7 Å². The molecule has 2 N–H and O–H groups in total. The second-order valence-electron chi connectivity index (χ2n) is 6.69. The zero-order chi connectivity index (χ0) is 13.2. The van der Waals surface area contributed by atoms with E-state index in [1.165, 1.54) is 58.7 Å². The molecule has 3 rings (SSSR count). The summed E-state index contributed by atoms with van der Waals surface area (Å²) in [5, 5.41) is 1.93. The van der Waals surface area contributed by atoms with Crippen LogP contribution in [0, 0.1) is 5.92 Å². The molecular formula is C14H29N5. The molecule has 3 heterocycles. The van der Waals surface area contributed by atoms with E-state index in [9.17, 15) is 0 Å². The van der Waals surface area contributed by atoms with Gasteiger partial charge in [-0.05, 0) is 38.9 Å². The molecule has 3 aliphatic rings. The van der Waals surface area contributed by atoms with Crippen molar-refractivity contribution < 1.29 is 0 Å². The van der Waals surface area contributed by atoms with Crippen LogP contribution in [0.4, 0.5) is 0 Å². The van der Waals surface area contributed by atoms with Crippen molar-refractivity contribution in [3.8, 4) is 0 Å². The van der Waals surface area contributed by atoms with E-state index in [0.717, 1.165) is 25.0 Å². The molecule has 0 unspecified atom stereocenters. The van der Waals surface area contributed by atoms with Crippen molar-refractivity contribution in [3.05, 3.63) is 0 Å². The van der Waals surface area contributed by atoms with Crippen molar-refractivity contribution in [2.24, 2.45) is 11.8 Å². The Morgan fingerprint density at radius 1 is 0.947 bits per heavy atom. The summed E-state index contributed by atoms with van der Waals surface area (Å²) in [4.78, 5) is 7.84. The van der Waals surface area contributed by atoms with E-state index in [-0.39, 0.29) is 0 Å². The zero-order valence-corrected chi connectivity index (χ0v) is 12.3. The van der Waals surface area contributed by atoms with Crippen LogP contribution in [0.2, 0.25) is 0 Å². The second-order valence-corrected chi connectivity index (χ2v) is 6.69. The number of piperazine rings is 1. The summed E-state index contributed by atoms with van der Waals surface area (Å²) in [6.45, 7) is 11.1. The molecule has 0 aliphatic carbocycles. The summed E-state index contributed by atoms with van der Waals surface area (Å²) in [5.41, 5.74) is 0. The normalized spacial score (nSPS) is 30.6. The van der Waals surface area contributed by atoms with Crippen molar-refractivity contribution in [2.75, 3.05) is 66.0 Å². The van der Waals surface area contributed by atoms with Crippen LogP contribution in [0.1, 0.15) is 12.8 Å². The molecule has 0 radical (unpaired) electrons. The Morgan fingerprint density at radius 2 is 1.58 bits per heavy atom. The second kappa shape index (κ2) is 6.06. The first-order chi connectivity index (χ1) is 9.20. The first-order valence-corrected chi connectivity index (χ1v) is 7.85. The van der Waals surface area contributed by atoms with Gasteiger partial charge in [-0.1, -0.05) is 0 Å². The van der Waals surface area contributed by atoms with Crippen LogP contribution in [-0.4, -0.2) is 91.7 Å². The van der Waals surface area contributed by atoms with E-state index in [4.69, 9.17) is 5.84 Å². The number of hydrogen-bond acceptors (Lipinski definition) is 5. The smallest absolute Gasteiger partial charge is 0.0182 e. The molecule has 3 saturated heterocycles. The Kier molecular flexibility index (Phi) is 4.39. The van der Waals surface area contributed by atoms with Gasteiger partial charge >= 0.3 is 0 Å². The van der Waals surface area contributed by atoms with Crippen LogP contribution in [-0.2, 0) is 0 Å². The summed E-state index contributed by atoms with van der Waals surface area (Å²) in [7, 11) is 2.24. The van der Waals surface area contributed by atoms with Gasteiger partial charge in [-0.15, -0.1) is 0 Å². The minimum Gasteiger partial charge on any atom is -0.306 e. The summed E-state index contributed by atoms with van der Waals surface area (Å²) in [5.74, 6) is 6.53. The van der Waals surface area contributed by atoms with E-state index in [1.54, 1.807) is 0 Å². The highest BCUT2D eigenvalue weighted by Gasteiger charge is 2.30. The Hall–Kier alpha value is -0.200. The molecule has 5 heteroatoms. The Balaban J connectivity index is 1.37. The maximum atomic E-state index is 5.71. The minimum atomic E-state index is 0.819. The lowest BCUT2D eigenvalue weighted by molar-refractivity contribution is 0.0278. The number of likely N-dealkylation sites (tertiary alicyclic amines) is 1. The van der Waals surface area contributed by atoms with Crippen LogP contribution >= 0.6 is 0 Å². The number of nitrogens with zero attached hydrogens (tertiary/aromatic N) is 4. The third kappa shape index (κ3) is 3.47. The summed E-state index contributed by atoms with van der Waals surface area (Å²) in [6.07, 6.45) is 2.72. The van der Waals surface area contributed by atoms with Crippen LogP contribution in [0.25, 0.3) is 0 Å². The predicted octanol–water partition coefficient (Wildman–Crippen LogP) is -0.496. The number of piperidine rings is 1. The first-order valence-electron chi connectivity index (χ1n) is 7.85. The number of hydrogen-bond donors (Lipinski definition) is 1. The molecule has 5 nitrogen and oxygen atoms in total. The fraction of sp³-hybridized carbons (Fsp3) is 1.00. The molecule has 110 valence electrons. The Bertz CT molecular complexity index is 276. The molecule has 19 heavy (non-hydrogen) atoms. The summed E-state index contributed by atoms with van der Waals surface area (Å²) >= 11 is 0. The highest BCUT2D eigenvalue weighted by Crippen LogP contribution is 2.19. The van der Waals surface area contributed by atoms with Crippen LogP contribution in [0.3, 0.4) is 0 Å². The third-order valence-corrected chi connectivity index (χ3v) is 5.11. The molecule has 0 bridgehead atoms. The van der Waals surface area contributed by atoms with E-state index in [1.807, 2.05) is 5.01 Å². The van der Waals surface area contributed by atoms with Gasteiger partial charge in [0.25, 0.3) is 0 Å². The van der Waals surface area contributed by atoms with Crippen molar-refractivity contribution in [1.29, 1.82) is 0 Å². The van der Waals surface area contributed by atoms with Gasteiger partial charge < -0.3 is 9.80 Å². The largest absolute Gasteiger partial charge is 0.306 e. The highest BCUT2D eigenvalue weighted by molar-refractivity contribution is 4.85. The topological polar surface area (TPSA) is 39.0 Å². The molecule has 3 fully saturated rings. The molecule has 3 aliphatic heterocycles. The molecule has 0 amide bonds. The van der Waals surface area contributed by atoms with E-state index in [0.29, 0.717) is 0 Å². The SMILES string of the molecule is CN1CCC(N2CCN(CC3CN(N)C3)CC2)CC1. The number of nitrogens with two attached hydrogens (primary N) is 1. The molecule has 0 aromatic carbocycles. The van der Waals surface area contributed by atoms with Gasteiger partial charge in [-0.2, -0.15) is 0 Å². The highest BCUT2D eigenvalue weighted by atomic mass is 15.4. The first kappa shape index (κ1) is 13.8. The number of rotatable bonds is 3. The van der Waals surface area contributed by atoms with Crippen molar-refractivity contribution in [2.45, 2.75) is 18.9 Å². The van der Waals surface area contributed by atoms with E-state index in [2.05, 4.69) is 21.7 Å². The Labute approximate surface area is 117 Å². The molecule has 0 saturated carbocycles. The van der Waals surface area contributed by atoms with Crippen LogP contribution < -0.4 is 5.84 Å². The monoisotopic (exact) mass is 267 g/mol. The average molecular weight is 267 g/mol. The molecule has 0 spiro atoms. The predicted molar refractivity (Wildman–Crippen MR) is 77.8 cm³/mol. The molecule has 0 aromatic heterocycles. The Morgan fingerprint density at radius 3 is 2.16 bits per heavy atom. The van der Waals surface area contributed by atoms with Crippen LogP contribution in [0.15, 0.2) is 0 Å². The zero-order valence-electron chi connectivity index (χ0n) is 12.3. The van der Waals surface area contributed by atoms with Gasteiger partial charge in [-0.25, -0.2) is 5.01 Å². The summed E-state index contributed by atoms with van der Waals surface area (Å²) < 4.78 is 0. The van der Waals surface area contributed by atoms with E-state index >= 15 is 0 Å². The lowest BCUT2D eigenvalue weighted by Crippen LogP contribution is -2.58. The lowest BCUT2D eigenvalue weighted by Gasteiger charge is -2.44. The quantitative estimate of drug-likeness (QED) is 0.698. The molecule has 0 aromatic rings. The van der Waals surface area contributed by atoms with Gasteiger partial charge in [0.05, 0.1) is 0 Å². The van der Waals surface area contributed by atoms with Crippen LogP contribution in [0.5, 0.6) is 0 Å².